The Morgan fingerprint density at radius 3 is 2.62 bits per heavy atom. The van der Waals surface area contributed by atoms with Crippen LogP contribution in [0.15, 0.2) is 23.4 Å². The summed E-state index contributed by atoms with van der Waals surface area (Å²) in [5.74, 6) is 1.78. The van der Waals surface area contributed by atoms with Gasteiger partial charge in [0.2, 0.25) is 0 Å². The molecule has 1 aromatic heterocycles. The molecule has 4 aliphatic carbocycles. The number of rotatable bonds is 2. The maximum atomic E-state index is 13.6. The molecule has 32 heavy (non-hydrogen) atoms. The van der Waals surface area contributed by atoms with Crippen LogP contribution in [0.25, 0.3) is 6.08 Å². The molecular weight excluding hydrogens is 400 g/mol. The highest BCUT2D eigenvalue weighted by molar-refractivity contribution is 6.06. The summed E-state index contributed by atoms with van der Waals surface area (Å²) in [6, 6.07) is 0. The molecule has 0 aliphatic heterocycles. The van der Waals surface area contributed by atoms with E-state index < -0.39 is 0 Å². The summed E-state index contributed by atoms with van der Waals surface area (Å²) in [5, 5.41) is 4.36. The Morgan fingerprint density at radius 2 is 1.94 bits per heavy atom. The molecule has 5 nitrogen and oxygen atoms in total. The van der Waals surface area contributed by atoms with Crippen LogP contribution in [0.3, 0.4) is 0 Å². The topological polar surface area (TPSA) is 61.2 Å². The van der Waals surface area contributed by atoms with Crippen LogP contribution in [0.1, 0.15) is 77.0 Å². The summed E-state index contributed by atoms with van der Waals surface area (Å²) in [4.78, 5) is 25.1. The van der Waals surface area contributed by atoms with Gasteiger partial charge < -0.3 is 4.74 Å². The van der Waals surface area contributed by atoms with E-state index in [9.17, 15) is 9.59 Å². The minimum atomic E-state index is -0.236. The van der Waals surface area contributed by atoms with E-state index in [0.717, 1.165) is 61.8 Å². The number of carbonyl (C=O) groups excluding carboxylic acids is 2. The standard InChI is InChI=1S/C27H36N2O3/c1-16-19(15-28-29(16)5)12-18-13-24-22-7-6-20-14-21(32-17(2)30)8-10-26(20,3)23(22)9-11-27(24,4)25(18)31/h6,12,15,21-24H,7-11,13-14H2,1-5H3/b18-12+/t21-,22-,23+,24+,26-,27-/m0/s1. The maximum absolute atomic E-state index is 13.6. The zero-order valence-electron chi connectivity index (χ0n) is 20.1. The summed E-state index contributed by atoms with van der Waals surface area (Å²) < 4.78 is 7.44. The predicted octanol–water partition coefficient (Wildman–Crippen LogP) is 5.19. The number of hydrogen-bond donors (Lipinski definition) is 0. The van der Waals surface area contributed by atoms with Gasteiger partial charge in [0.1, 0.15) is 6.10 Å². The number of carbonyl (C=O) groups is 2. The highest BCUT2D eigenvalue weighted by atomic mass is 16.5. The minimum Gasteiger partial charge on any atom is -0.462 e. The zero-order valence-corrected chi connectivity index (χ0v) is 20.1. The molecule has 172 valence electrons. The normalized spacial score (nSPS) is 39.8. The van der Waals surface area contributed by atoms with Crippen molar-refractivity contribution in [2.75, 3.05) is 0 Å². The number of fused-ring (bicyclic) bond motifs is 5. The lowest BCUT2D eigenvalue weighted by atomic mass is 9.48. The Labute approximate surface area is 191 Å². The van der Waals surface area contributed by atoms with Crippen LogP contribution in [0.2, 0.25) is 0 Å². The van der Waals surface area contributed by atoms with E-state index in [1.807, 2.05) is 17.9 Å². The molecule has 0 aromatic carbocycles. The summed E-state index contributed by atoms with van der Waals surface area (Å²) in [7, 11) is 1.95. The fraction of sp³-hybridized carbons (Fsp3) is 0.667. The number of aromatic nitrogens is 2. The number of ketones is 1. The number of hydrogen-bond acceptors (Lipinski definition) is 4. The average molecular weight is 437 g/mol. The molecular formula is C27H36N2O3. The van der Waals surface area contributed by atoms with Gasteiger partial charge in [-0.25, -0.2) is 0 Å². The smallest absolute Gasteiger partial charge is 0.302 e. The van der Waals surface area contributed by atoms with E-state index in [1.165, 1.54) is 12.5 Å². The minimum absolute atomic E-state index is 0.0301. The van der Waals surface area contributed by atoms with Gasteiger partial charge in [0.05, 0.1) is 6.20 Å². The summed E-state index contributed by atoms with van der Waals surface area (Å²) in [6.45, 7) is 8.24. The first-order valence-corrected chi connectivity index (χ1v) is 12.2. The number of esters is 1. The lowest BCUT2D eigenvalue weighted by Gasteiger charge is -2.56. The van der Waals surface area contributed by atoms with Gasteiger partial charge in [-0.15, -0.1) is 0 Å². The van der Waals surface area contributed by atoms with Crippen LogP contribution in [0.4, 0.5) is 0 Å². The van der Waals surface area contributed by atoms with Gasteiger partial charge in [-0.2, -0.15) is 5.10 Å². The van der Waals surface area contributed by atoms with Gasteiger partial charge in [-0.3, -0.25) is 14.3 Å². The predicted molar refractivity (Wildman–Crippen MR) is 124 cm³/mol. The number of ether oxygens (including phenoxy) is 1. The molecule has 0 spiro atoms. The van der Waals surface area contributed by atoms with Crippen molar-refractivity contribution in [2.45, 2.75) is 78.7 Å². The number of Topliss-reactive ketones (excluding diaryl/α,β-unsaturated/α-hetero) is 1. The molecule has 1 aromatic rings. The lowest BCUT2D eigenvalue weighted by molar-refractivity contribution is -0.148. The Morgan fingerprint density at radius 1 is 1.19 bits per heavy atom. The summed E-state index contributed by atoms with van der Waals surface area (Å²) >= 11 is 0. The average Bonchev–Trinajstić information content (AvgIpc) is 3.19. The number of aryl methyl sites for hydroxylation is 1. The van der Waals surface area contributed by atoms with Crippen LogP contribution in [-0.2, 0) is 21.4 Å². The molecule has 3 fully saturated rings. The molecule has 1 heterocycles. The van der Waals surface area contributed by atoms with E-state index in [4.69, 9.17) is 4.74 Å². The van der Waals surface area contributed by atoms with Crippen molar-refractivity contribution in [1.29, 1.82) is 0 Å². The largest absolute Gasteiger partial charge is 0.462 e. The van der Waals surface area contributed by atoms with Crippen LogP contribution in [0.5, 0.6) is 0 Å². The zero-order chi connectivity index (χ0) is 22.8. The fourth-order valence-electron chi connectivity index (χ4n) is 7.61. The van der Waals surface area contributed by atoms with E-state index in [-0.39, 0.29) is 22.9 Å². The van der Waals surface area contributed by atoms with Crippen molar-refractivity contribution in [1.82, 2.24) is 9.78 Å². The molecule has 4 aliphatic rings. The van der Waals surface area contributed by atoms with Gasteiger partial charge in [0, 0.05) is 37.1 Å². The van der Waals surface area contributed by atoms with Gasteiger partial charge >= 0.3 is 5.97 Å². The third-order valence-electron chi connectivity index (χ3n) is 9.63. The number of allylic oxidation sites excluding steroid dienone is 2. The second-order valence-electron chi connectivity index (χ2n) is 11.2. The lowest BCUT2D eigenvalue weighted by Crippen LogP contribution is -2.50. The van der Waals surface area contributed by atoms with Crippen molar-refractivity contribution in [2.24, 2.45) is 35.6 Å². The molecule has 0 unspecified atom stereocenters. The van der Waals surface area contributed by atoms with Crippen LogP contribution in [-0.4, -0.2) is 27.6 Å². The third kappa shape index (κ3) is 3.14. The van der Waals surface area contributed by atoms with E-state index in [1.54, 1.807) is 0 Å². The van der Waals surface area contributed by atoms with Crippen LogP contribution in [0, 0.1) is 35.5 Å². The van der Waals surface area contributed by atoms with Crippen molar-refractivity contribution in [3.05, 3.63) is 34.7 Å². The quantitative estimate of drug-likeness (QED) is 0.364. The van der Waals surface area contributed by atoms with Gasteiger partial charge in [-0.1, -0.05) is 25.5 Å². The number of nitrogens with zero attached hydrogens (tertiary/aromatic N) is 2. The van der Waals surface area contributed by atoms with Crippen LogP contribution >= 0.6 is 0 Å². The van der Waals surface area contributed by atoms with E-state index in [2.05, 4.69) is 38.0 Å². The van der Waals surface area contributed by atoms with Crippen molar-refractivity contribution < 1.29 is 14.3 Å². The molecule has 6 atom stereocenters. The van der Waals surface area contributed by atoms with E-state index in [0.29, 0.717) is 23.5 Å². The molecule has 5 rings (SSSR count). The molecule has 3 saturated carbocycles. The first-order valence-electron chi connectivity index (χ1n) is 12.2. The molecule has 0 saturated heterocycles. The Hall–Kier alpha value is -2.17. The highest BCUT2D eigenvalue weighted by Gasteiger charge is 2.60. The Balaban J connectivity index is 1.43. The summed E-state index contributed by atoms with van der Waals surface area (Å²) in [5.41, 5.74) is 4.59. The van der Waals surface area contributed by atoms with Gasteiger partial charge in [-0.05, 0) is 80.3 Å². The molecule has 0 amide bonds. The van der Waals surface area contributed by atoms with Crippen molar-refractivity contribution >= 4 is 17.8 Å². The van der Waals surface area contributed by atoms with Crippen LogP contribution < -0.4 is 0 Å². The van der Waals surface area contributed by atoms with Gasteiger partial charge in [0.25, 0.3) is 0 Å². The first kappa shape index (κ1) is 21.7. The highest BCUT2D eigenvalue weighted by Crippen LogP contribution is 2.64. The Bertz CT molecular complexity index is 1030. The fourth-order valence-corrected chi connectivity index (χ4v) is 7.61. The second-order valence-corrected chi connectivity index (χ2v) is 11.2. The SMILES string of the molecule is CC(=O)O[C@H]1CC[C@@]2(C)C(=CC[C@H]3[C@H]2CC[C@]2(C)C(=O)/C(=C/c4cnn(C)c4C)C[C@H]32)C1. The van der Waals surface area contributed by atoms with Gasteiger partial charge in [0.15, 0.2) is 5.78 Å². The monoisotopic (exact) mass is 436 g/mol. The van der Waals surface area contributed by atoms with Crippen molar-refractivity contribution in [3.63, 3.8) is 0 Å². The third-order valence-corrected chi connectivity index (χ3v) is 9.63. The molecule has 0 bridgehead atoms. The molecule has 5 heteroatoms. The maximum Gasteiger partial charge on any atom is 0.302 e. The second kappa shape index (κ2) is 7.43. The molecule has 0 N–H and O–H groups in total. The van der Waals surface area contributed by atoms with Crippen molar-refractivity contribution in [3.8, 4) is 0 Å². The Kier molecular flexibility index (Phi) is 5.03. The molecule has 0 radical (unpaired) electrons. The van der Waals surface area contributed by atoms with E-state index >= 15 is 0 Å². The first-order chi connectivity index (χ1) is 15.1. The summed E-state index contributed by atoms with van der Waals surface area (Å²) in [6.07, 6.45) is 13.4.